The number of fused-ring (bicyclic) bond motifs is 3. The molecule has 1 fully saturated rings. The van der Waals surface area contributed by atoms with Gasteiger partial charge in [-0.1, -0.05) is 19.1 Å². The highest BCUT2D eigenvalue weighted by Gasteiger charge is 2.51. The molecule has 22 heavy (non-hydrogen) atoms. The summed E-state index contributed by atoms with van der Waals surface area (Å²) in [6.07, 6.45) is 1.18. The lowest BCUT2D eigenvalue weighted by atomic mass is 9.78. The molecule has 0 aliphatic carbocycles. The lowest BCUT2D eigenvalue weighted by molar-refractivity contribution is 0.00578. The van der Waals surface area contributed by atoms with Crippen molar-refractivity contribution in [3.63, 3.8) is 0 Å². The normalized spacial score (nSPS) is 25.9. The Morgan fingerprint density at radius 1 is 1.18 bits per heavy atom. The summed E-state index contributed by atoms with van der Waals surface area (Å²) in [6.45, 7) is 11.7. The van der Waals surface area contributed by atoms with E-state index in [4.69, 9.17) is 14.4 Å². The Morgan fingerprint density at radius 3 is 2.55 bits per heavy atom. The van der Waals surface area contributed by atoms with Crippen LogP contribution in [-0.4, -0.2) is 28.1 Å². The third-order valence-corrected chi connectivity index (χ3v) is 5.57. The summed E-state index contributed by atoms with van der Waals surface area (Å²) in [5.41, 5.74) is 2.90. The number of rotatable bonds is 1. The Hall–Kier alpha value is -1.33. The van der Waals surface area contributed by atoms with E-state index in [1.807, 2.05) is 0 Å². The number of hydrogen-bond acceptors (Lipinski definition) is 3. The lowest BCUT2D eigenvalue weighted by Crippen LogP contribution is -2.41. The molecule has 5 heteroatoms. The number of aromatic nitrogens is 2. The first-order valence-corrected chi connectivity index (χ1v) is 8.14. The minimum absolute atomic E-state index is 0.304. The predicted molar refractivity (Wildman–Crippen MR) is 88.5 cm³/mol. The van der Waals surface area contributed by atoms with E-state index in [2.05, 4.69) is 57.5 Å². The van der Waals surface area contributed by atoms with Crippen molar-refractivity contribution in [2.45, 2.75) is 64.7 Å². The van der Waals surface area contributed by atoms with Gasteiger partial charge >= 0.3 is 7.12 Å². The zero-order valence-electron chi connectivity index (χ0n) is 14.0. The highest BCUT2D eigenvalue weighted by atomic mass is 16.7. The van der Waals surface area contributed by atoms with E-state index in [9.17, 15) is 0 Å². The Balaban J connectivity index is 1.77. The predicted octanol–water partition coefficient (Wildman–Crippen LogP) is 2.84. The third kappa shape index (κ3) is 1.88. The van der Waals surface area contributed by atoms with Crippen LogP contribution in [0.15, 0.2) is 18.2 Å². The third-order valence-electron chi connectivity index (χ3n) is 5.57. The van der Waals surface area contributed by atoms with Crippen LogP contribution in [0.5, 0.6) is 0 Å². The molecule has 4 nitrogen and oxygen atoms in total. The van der Waals surface area contributed by atoms with Gasteiger partial charge in [-0.05, 0) is 45.6 Å². The molecule has 0 N–H and O–H groups in total. The molecule has 3 heterocycles. The summed E-state index contributed by atoms with van der Waals surface area (Å²) in [5, 5.41) is 5.95. The molecule has 2 aliphatic rings. The summed E-state index contributed by atoms with van der Waals surface area (Å²) in [6, 6.07) is 6.38. The Morgan fingerprint density at radius 2 is 1.86 bits per heavy atom. The fourth-order valence-electron chi connectivity index (χ4n) is 3.44. The first-order valence-electron chi connectivity index (χ1n) is 8.14. The molecule has 1 atom stereocenters. The lowest BCUT2D eigenvalue weighted by Gasteiger charge is -2.32. The second kappa shape index (κ2) is 4.36. The second-order valence-electron chi connectivity index (χ2n) is 7.66. The molecule has 0 saturated carbocycles. The molecule has 1 unspecified atom stereocenters. The minimum Gasteiger partial charge on any atom is -0.399 e. The summed E-state index contributed by atoms with van der Waals surface area (Å²) in [4.78, 5) is 0. The fourth-order valence-corrected chi connectivity index (χ4v) is 3.44. The van der Waals surface area contributed by atoms with Crippen LogP contribution in [0.3, 0.4) is 0 Å². The van der Waals surface area contributed by atoms with Gasteiger partial charge in [-0.15, -0.1) is 0 Å². The van der Waals surface area contributed by atoms with E-state index < -0.39 is 0 Å². The van der Waals surface area contributed by atoms with Gasteiger partial charge in [0.1, 0.15) is 0 Å². The SMILES string of the molecule is CC1CCn2nc3ccc(B4OC(C)(C)C(C)(C)O4)cc3c21. The molecule has 0 spiro atoms. The molecule has 1 aromatic heterocycles. The van der Waals surface area contributed by atoms with Crippen LogP contribution in [0, 0.1) is 0 Å². The smallest absolute Gasteiger partial charge is 0.399 e. The number of nitrogens with zero attached hydrogens (tertiary/aromatic N) is 2. The van der Waals surface area contributed by atoms with Crippen LogP contribution in [0.1, 0.15) is 52.7 Å². The van der Waals surface area contributed by atoms with Crippen LogP contribution in [0.4, 0.5) is 0 Å². The minimum atomic E-state index is -0.305. The van der Waals surface area contributed by atoms with E-state index >= 15 is 0 Å². The number of benzene rings is 1. The maximum absolute atomic E-state index is 6.17. The zero-order chi connectivity index (χ0) is 15.7. The first kappa shape index (κ1) is 14.3. The van der Waals surface area contributed by atoms with Gasteiger partial charge in [-0.3, -0.25) is 4.68 Å². The Kier molecular flexibility index (Phi) is 2.83. The molecule has 0 radical (unpaired) electrons. The van der Waals surface area contributed by atoms with Gasteiger partial charge < -0.3 is 9.31 Å². The van der Waals surface area contributed by atoms with E-state index in [1.54, 1.807) is 0 Å². The largest absolute Gasteiger partial charge is 0.494 e. The van der Waals surface area contributed by atoms with Crippen molar-refractivity contribution in [1.29, 1.82) is 0 Å². The van der Waals surface area contributed by atoms with Crippen molar-refractivity contribution in [2.24, 2.45) is 0 Å². The van der Waals surface area contributed by atoms with Gasteiger partial charge in [0, 0.05) is 23.5 Å². The van der Waals surface area contributed by atoms with E-state index in [0.29, 0.717) is 5.92 Å². The topological polar surface area (TPSA) is 36.3 Å². The van der Waals surface area contributed by atoms with Crippen molar-refractivity contribution in [3.8, 4) is 0 Å². The van der Waals surface area contributed by atoms with Gasteiger partial charge in [-0.2, -0.15) is 5.10 Å². The van der Waals surface area contributed by atoms with Crippen molar-refractivity contribution >= 4 is 23.5 Å². The van der Waals surface area contributed by atoms with Crippen molar-refractivity contribution < 1.29 is 9.31 Å². The van der Waals surface area contributed by atoms with Gasteiger partial charge in [-0.25, -0.2) is 0 Å². The molecule has 2 aliphatic heterocycles. The average Bonchev–Trinajstić information content (AvgIpc) is 3.02. The summed E-state index contributed by atoms with van der Waals surface area (Å²) < 4.78 is 14.5. The number of aryl methyl sites for hydroxylation is 1. The summed E-state index contributed by atoms with van der Waals surface area (Å²) in [5.74, 6) is 0.568. The van der Waals surface area contributed by atoms with Gasteiger partial charge in [0.15, 0.2) is 0 Å². The summed E-state index contributed by atoms with van der Waals surface area (Å²) >= 11 is 0. The van der Waals surface area contributed by atoms with Crippen LogP contribution in [0.25, 0.3) is 10.9 Å². The van der Waals surface area contributed by atoms with Crippen molar-refractivity contribution in [1.82, 2.24) is 9.78 Å². The quantitative estimate of drug-likeness (QED) is 0.760. The zero-order valence-corrected chi connectivity index (χ0v) is 14.0. The average molecular weight is 298 g/mol. The van der Waals surface area contributed by atoms with Crippen LogP contribution in [-0.2, 0) is 15.9 Å². The van der Waals surface area contributed by atoms with E-state index in [0.717, 1.165) is 17.5 Å². The molecule has 1 aromatic carbocycles. The van der Waals surface area contributed by atoms with Crippen LogP contribution >= 0.6 is 0 Å². The Bertz CT molecular complexity index is 734. The highest BCUT2D eigenvalue weighted by Crippen LogP contribution is 2.37. The van der Waals surface area contributed by atoms with Gasteiger partial charge in [0.2, 0.25) is 0 Å². The fraction of sp³-hybridized carbons (Fsp3) is 0.588. The molecule has 116 valence electrons. The molecular weight excluding hydrogens is 275 g/mol. The highest BCUT2D eigenvalue weighted by molar-refractivity contribution is 6.62. The van der Waals surface area contributed by atoms with Crippen molar-refractivity contribution in [2.75, 3.05) is 0 Å². The Labute approximate surface area is 131 Å². The van der Waals surface area contributed by atoms with Gasteiger partial charge in [0.25, 0.3) is 0 Å². The molecule has 2 aromatic rings. The van der Waals surface area contributed by atoms with E-state index in [1.165, 1.54) is 17.5 Å². The van der Waals surface area contributed by atoms with Gasteiger partial charge in [0.05, 0.1) is 16.7 Å². The molecule has 0 amide bonds. The second-order valence-corrected chi connectivity index (χ2v) is 7.66. The monoisotopic (exact) mass is 298 g/mol. The molecule has 1 saturated heterocycles. The molecule has 0 bridgehead atoms. The van der Waals surface area contributed by atoms with E-state index in [-0.39, 0.29) is 18.3 Å². The molecular formula is C17H23BN2O2. The maximum Gasteiger partial charge on any atom is 0.494 e. The molecule has 4 rings (SSSR count). The standard InChI is InChI=1S/C17H23BN2O2/c1-11-8-9-20-15(11)13-10-12(6-7-14(13)19-20)18-21-16(2,3)17(4,5)22-18/h6-7,10-11H,8-9H2,1-5H3. The number of hydrogen-bond donors (Lipinski definition) is 0. The van der Waals surface area contributed by atoms with Crippen LogP contribution < -0.4 is 5.46 Å². The van der Waals surface area contributed by atoms with Crippen molar-refractivity contribution in [3.05, 3.63) is 23.9 Å². The summed E-state index contributed by atoms with van der Waals surface area (Å²) in [7, 11) is -0.304. The first-order chi connectivity index (χ1) is 10.3. The maximum atomic E-state index is 6.17. The van der Waals surface area contributed by atoms with Crippen LogP contribution in [0.2, 0.25) is 0 Å².